The standard InChI is InChI=1S/C12H15NO5/c1-3-9(4-2)18-11-6-5-8(13(16)17)7-10(11)12(14)15/h5-7,9H,3-4H2,1-2H3,(H,14,15). The van der Waals surface area contributed by atoms with E-state index in [9.17, 15) is 14.9 Å². The summed E-state index contributed by atoms with van der Waals surface area (Å²) in [5.74, 6) is -1.07. The first-order chi connectivity index (χ1) is 8.49. The second-order valence-electron chi connectivity index (χ2n) is 3.80. The first-order valence-corrected chi connectivity index (χ1v) is 5.68. The number of carboxylic acids is 1. The lowest BCUT2D eigenvalue weighted by Crippen LogP contribution is -2.16. The summed E-state index contributed by atoms with van der Waals surface area (Å²) >= 11 is 0. The lowest BCUT2D eigenvalue weighted by Gasteiger charge is -2.16. The molecule has 0 aromatic heterocycles. The average molecular weight is 253 g/mol. The number of benzene rings is 1. The molecular weight excluding hydrogens is 238 g/mol. The topological polar surface area (TPSA) is 89.7 Å². The van der Waals surface area contributed by atoms with Gasteiger partial charge in [0, 0.05) is 12.1 Å². The van der Waals surface area contributed by atoms with Gasteiger partial charge in [0.05, 0.1) is 11.0 Å². The molecule has 0 aliphatic rings. The number of rotatable bonds is 6. The third-order valence-corrected chi connectivity index (χ3v) is 2.61. The van der Waals surface area contributed by atoms with Crippen molar-refractivity contribution in [1.29, 1.82) is 0 Å². The van der Waals surface area contributed by atoms with Crippen LogP contribution in [-0.2, 0) is 0 Å². The molecule has 18 heavy (non-hydrogen) atoms. The third kappa shape index (κ3) is 3.19. The maximum Gasteiger partial charge on any atom is 0.339 e. The fourth-order valence-corrected chi connectivity index (χ4v) is 1.54. The van der Waals surface area contributed by atoms with Crippen LogP contribution in [0.1, 0.15) is 37.0 Å². The third-order valence-electron chi connectivity index (χ3n) is 2.61. The van der Waals surface area contributed by atoms with Crippen molar-refractivity contribution in [2.75, 3.05) is 0 Å². The van der Waals surface area contributed by atoms with Gasteiger partial charge in [0.15, 0.2) is 0 Å². The van der Waals surface area contributed by atoms with Gasteiger partial charge in [-0.25, -0.2) is 4.79 Å². The van der Waals surface area contributed by atoms with E-state index in [1.807, 2.05) is 13.8 Å². The first kappa shape index (κ1) is 14.0. The molecule has 6 nitrogen and oxygen atoms in total. The maximum atomic E-state index is 11.1. The SMILES string of the molecule is CCC(CC)Oc1ccc([N+](=O)[O-])cc1C(=O)O. The van der Waals surface area contributed by atoms with E-state index in [2.05, 4.69) is 0 Å². The average Bonchev–Trinajstić information content (AvgIpc) is 2.35. The fourth-order valence-electron chi connectivity index (χ4n) is 1.54. The van der Waals surface area contributed by atoms with Crippen molar-refractivity contribution in [1.82, 2.24) is 0 Å². The number of ether oxygens (including phenoxy) is 1. The van der Waals surface area contributed by atoms with Crippen LogP contribution < -0.4 is 4.74 Å². The van der Waals surface area contributed by atoms with Gasteiger partial charge in [-0.15, -0.1) is 0 Å². The van der Waals surface area contributed by atoms with E-state index in [1.165, 1.54) is 12.1 Å². The minimum absolute atomic E-state index is 0.0930. The van der Waals surface area contributed by atoms with E-state index in [-0.39, 0.29) is 23.1 Å². The molecule has 0 aliphatic carbocycles. The Morgan fingerprint density at radius 1 is 1.44 bits per heavy atom. The zero-order valence-corrected chi connectivity index (χ0v) is 10.3. The van der Waals surface area contributed by atoms with E-state index < -0.39 is 10.9 Å². The van der Waals surface area contributed by atoms with Crippen LogP contribution in [0.4, 0.5) is 5.69 Å². The zero-order valence-electron chi connectivity index (χ0n) is 10.3. The molecule has 1 aromatic rings. The second kappa shape index (κ2) is 6.00. The van der Waals surface area contributed by atoms with Crippen molar-refractivity contribution in [3.8, 4) is 5.75 Å². The van der Waals surface area contributed by atoms with Gasteiger partial charge in [0.25, 0.3) is 5.69 Å². The number of aromatic carboxylic acids is 1. The van der Waals surface area contributed by atoms with Gasteiger partial charge in [-0.1, -0.05) is 13.8 Å². The van der Waals surface area contributed by atoms with Crippen LogP contribution in [-0.4, -0.2) is 22.1 Å². The quantitative estimate of drug-likeness (QED) is 0.621. The Bertz CT molecular complexity index is 454. The summed E-state index contributed by atoms with van der Waals surface area (Å²) in [5.41, 5.74) is -0.444. The molecule has 6 heteroatoms. The van der Waals surface area contributed by atoms with Gasteiger partial charge < -0.3 is 9.84 Å². The molecule has 0 fully saturated rings. The van der Waals surface area contributed by atoms with Gasteiger partial charge in [-0.05, 0) is 18.9 Å². The number of hydrogen-bond acceptors (Lipinski definition) is 4. The molecule has 0 amide bonds. The Morgan fingerprint density at radius 2 is 2.06 bits per heavy atom. The maximum absolute atomic E-state index is 11.1. The number of carboxylic acid groups (broad SMARTS) is 1. The van der Waals surface area contributed by atoms with Crippen molar-refractivity contribution in [3.63, 3.8) is 0 Å². The van der Waals surface area contributed by atoms with Gasteiger partial charge in [0.2, 0.25) is 0 Å². The monoisotopic (exact) mass is 253 g/mol. The highest BCUT2D eigenvalue weighted by molar-refractivity contribution is 5.91. The molecule has 0 radical (unpaired) electrons. The van der Waals surface area contributed by atoms with Crippen molar-refractivity contribution in [2.24, 2.45) is 0 Å². The predicted molar refractivity (Wildman–Crippen MR) is 65.1 cm³/mol. The number of nitro groups is 1. The molecule has 0 aliphatic heterocycles. The Balaban J connectivity index is 3.11. The largest absolute Gasteiger partial charge is 0.490 e. The Labute approximate surface area is 104 Å². The Hall–Kier alpha value is -2.11. The number of carbonyl (C=O) groups is 1. The van der Waals surface area contributed by atoms with Gasteiger partial charge in [-0.2, -0.15) is 0 Å². The summed E-state index contributed by atoms with van der Waals surface area (Å²) in [5, 5.41) is 19.6. The molecule has 0 saturated carbocycles. The van der Waals surface area contributed by atoms with Gasteiger partial charge >= 0.3 is 5.97 Å². The van der Waals surface area contributed by atoms with Crippen molar-refractivity contribution < 1.29 is 19.6 Å². The van der Waals surface area contributed by atoms with Crippen molar-refractivity contribution in [2.45, 2.75) is 32.8 Å². The summed E-state index contributed by atoms with van der Waals surface area (Å²) in [6.45, 7) is 3.86. The summed E-state index contributed by atoms with van der Waals surface area (Å²) in [6.07, 6.45) is 1.39. The summed E-state index contributed by atoms with van der Waals surface area (Å²) in [4.78, 5) is 21.0. The first-order valence-electron chi connectivity index (χ1n) is 5.68. The van der Waals surface area contributed by atoms with E-state index in [1.54, 1.807) is 0 Å². The number of non-ortho nitro benzene ring substituents is 1. The van der Waals surface area contributed by atoms with Crippen LogP contribution >= 0.6 is 0 Å². The molecule has 0 spiro atoms. The van der Waals surface area contributed by atoms with E-state index in [0.717, 1.165) is 18.9 Å². The highest BCUT2D eigenvalue weighted by Gasteiger charge is 2.18. The van der Waals surface area contributed by atoms with Crippen LogP contribution in [0.2, 0.25) is 0 Å². The highest BCUT2D eigenvalue weighted by atomic mass is 16.6. The second-order valence-corrected chi connectivity index (χ2v) is 3.80. The predicted octanol–water partition coefficient (Wildman–Crippen LogP) is 2.86. The van der Waals surface area contributed by atoms with Crippen LogP contribution in [0, 0.1) is 10.1 Å². The summed E-state index contributed by atoms with van der Waals surface area (Å²) in [7, 11) is 0. The molecule has 0 bridgehead atoms. The van der Waals surface area contributed by atoms with Crippen LogP contribution in [0.3, 0.4) is 0 Å². The molecule has 0 atom stereocenters. The molecule has 1 rings (SSSR count). The van der Waals surface area contributed by atoms with Crippen LogP contribution in [0.25, 0.3) is 0 Å². The van der Waals surface area contributed by atoms with Crippen molar-refractivity contribution in [3.05, 3.63) is 33.9 Å². The minimum atomic E-state index is -1.24. The normalized spacial score (nSPS) is 10.4. The molecule has 1 N–H and O–H groups in total. The van der Waals surface area contributed by atoms with Crippen molar-refractivity contribution >= 4 is 11.7 Å². The molecule has 0 saturated heterocycles. The van der Waals surface area contributed by atoms with E-state index >= 15 is 0 Å². The smallest absolute Gasteiger partial charge is 0.339 e. The number of nitrogens with zero attached hydrogens (tertiary/aromatic N) is 1. The molecule has 0 unspecified atom stereocenters. The summed E-state index contributed by atoms with van der Waals surface area (Å²) < 4.78 is 5.54. The molecule has 98 valence electrons. The Morgan fingerprint density at radius 3 is 2.50 bits per heavy atom. The molecule has 0 heterocycles. The van der Waals surface area contributed by atoms with Crippen LogP contribution in [0.15, 0.2) is 18.2 Å². The van der Waals surface area contributed by atoms with Gasteiger partial charge in [0.1, 0.15) is 11.3 Å². The van der Waals surface area contributed by atoms with Gasteiger partial charge in [-0.3, -0.25) is 10.1 Å². The van der Waals surface area contributed by atoms with Crippen LogP contribution in [0.5, 0.6) is 5.75 Å². The fraction of sp³-hybridized carbons (Fsp3) is 0.417. The molecular formula is C12H15NO5. The van der Waals surface area contributed by atoms with E-state index in [4.69, 9.17) is 9.84 Å². The highest BCUT2D eigenvalue weighted by Crippen LogP contribution is 2.26. The minimum Gasteiger partial charge on any atom is -0.490 e. The Kier molecular flexibility index (Phi) is 4.65. The lowest BCUT2D eigenvalue weighted by molar-refractivity contribution is -0.384. The van der Waals surface area contributed by atoms with E-state index in [0.29, 0.717) is 0 Å². The zero-order chi connectivity index (χ0) is 13.7. The molecule has 1 aromatic carbocycles. The number of nitro benzene ring substituents is 1. The summed E-state index contributed by atoms with van der Waals surface area (Å²) in [6, 6.07) is 3.59. The number of hydrogen-bond donors (Lipinski definition) is 1. The lowest BCUT2D eigenvalue weighted by atomic mass is 10.1.